The largest absolute Gasteiger partial charge is 0.298 e. The van der Waals surface area contributed by atoms with Gasteiger partial charge >= 0.3 is 0 Å². The fourth-order valence-corrected chi connectivity index (χ4v) is 1.41. The maximum absolute atomic E-state index is 10.8. The number of benzene rings is 1. The molecule has 2 heteroatoms. The Labute approximate surface area is 90.5 Å². The highest BCUT2D eigenvalue weighted by Gasteiger charge is 2.15. The van der Waals surface area contributed by atoms with E-state index in [4.69, 9.17) is 5.26 Å². The van der Waals surface area contributed by atoms with Gasteiger partial charge < -0.3 is 0 Å². The first-order valence-electron chi connectivity index (χ1n) is 4.94. The summed E-state index contributed by atoms with van der Waals surface area (Å²) in [6.07, 6.45) is 1.18. The van der Waals surface area contributed by atoms with Crippen LogP contribution in [0.4, 0.5) is 0 Å². The van der Waals surface area contributed by atoms with E-state index in [0.29, 0.717) is 12.0 Å². The van der Waals surface area contributed by atoms with E-state index in [1.54, 1.807) is 6.07 Å². The molecule has 1 rings (SSSR count). The van der Waals surface area contributed by atoms with Gasteiger partial charge in [-0.2, -0.15) is 5.26 Å². The van der Waals surface area contributed by atoms with Crippen LogP contribution in [-0.4, -0.2) is 6.29 Å². The number of aldehydes is 1. The maximum atomic E-state index is 10.8. The molecule has 0 aliphatic rings. The quantitative estimate of drug-likeness (QED) is 0.690. The Morgan fingerprint density at radius 2 is 2.00 bits per heavy atom. The Kier molecular flexibility index (Phi) is 3.26. The van der Waals surface area contributed by atoms with E-state index in [0.717, 1.165) is 17.4 Å². The first-order valence-corrected chi connectivity index (χ1v) is 4.94. The first-order chi connectivity index (χ1) is 6.97. The molecule has 2 nitrogen and oxygen atoms in total. The van der Waals surface area contributed by atoms with E-state index in [2.05, 4.69) is 26.8 Å². The van der Waals surface area contributed by atoms with Crippen molar-refractivity contribution in [2.45, 2.75) is 32.6 Å². The summed E-state index contributed by atoms with van der Waals surface area (Å²) in [5, 5.41) is 8.64. The minimum atomic E-state index is 0.00320. The Morgan fingerprint density at radius 1 is 1.33 bits per heavy atom. The average Bonchev–Trinajstić information content (AvgIpc) is 2.16. The van der Waals surface area contributed by atoms with Gasteiger partial charge in [-0.25, -0.2) is 0 Å². The second-order valence-electron chi connectivity index (χ2n) is 4.67. The van der Waals surface area contributed by atoms with Crippen LogP contribution in [0.3, 0.4) is 0 Å². The number of hydrogen-bond donors (Lipinski definition) is 0. The van der Waals surface area contributed by atoms with Crippen molar-refractivity contribution in [2.24, 2.45) is 0 Å². The third-order valence-electron chi connectivity index (χ3n) is 2.30. The normalized spacial score (nSPS) is 10.8. The van der Waals surface area contributed by atoms with Crippen molar-refractivity contribution >= 4 is 6.29 Å². The SMILES string of the molecule is CC(C)(C)c1cc(C=O)cc(CC#N)c1. The van der Waals surface area contributed by atoms with E-state index in [9.17, 15) is 4.79 Å². The van der Waals surface area contributed by atoms with Crippen molar-refractivity contribution in [2.75, 3.05) is 0 Å². The molecule has 0 N–H and O–H groups in total. The lowest BCUT2D eigenvalue weighted by molar-refractivity contribution is 0.112. The summed E-state index contributed by atoms with van der Waals surface area (Å²) < 4.78 is 0. The third kappa shape index (κ3) is 2.92. The molecule has 0 aliphatic carbocycles. The molecular formula is C13H15NO. The molecule has 0 heterocycles. The lowest BCUT2D eigenvalue weighted by Gasteiger charge is -2.20. The number of carbonyl (C=O) groups is 1. The number of nitriles is 1. The highest BCUT2D eigenvalue weighted by Crippen LogP contribution is 2.24. The molecule has 0 fully saturated rings. The summed E-state index contributed by atoms with van der Waals surface area (Å²) in [6, 6.07) is 7.75. The molecule has 78 valence electrons. The molecule has 1 aromatic carbocycles. The van der Waals surface area contributed by atoms with Gasteiger partial charge in [0.25, 0.3) is 0 Å². The molecule has 0 radical (unpaired) electrons. The molecular weight excluding hydrogens is 186 g/mol. The standard InChI is InChI=1S/C13H15NO/c1-13(2,3)12-7-10(4-5-14)6-11(8-12)9-15/h6-9H,4H2,1-3H3. The van der Waals surface area contributed by atoms with Crippen LogP contribution in [0.5, 0.6) is 0 Å². The van der Waals surface area contributed by atoms with Crippen LogP contribution in [-0.2, 0) is 11.8 Å². The van der Waals surface area contributed by atoms with Crippen LogP contribution >= 0.6 is 0 Å². The van der Waals surface area contributed by atoms with Crippen molar-refractivity contribution in [3.63, 3.8) is 0 Å². The van der Waals surface area contributed by atoms with E-state index in [1.165, 1.54) is 0 Å². The first kappa shape index (κ1) is 11.5. The number of rotatable bonds is 2. The van der Waals surface area contributed by atoms with Gasteiger partial charge in [0.1, 0.15) is 6.29 Å². The van der Waals surface area contributed by atoms with Crippen molar-refractivity contribution in [3.8, 4) is 6.07 Å². The number of nitrogens with zero attached hydrogens (tertiary/aromatic N) is 1. The molecule has 0 spiro atoms. The van der Waals surface area contributed by atoms with Crippen LogP contribution in [0.25, 0.3) is 0 Å². The molecule has 0 amide bonds. The molecule has 15 heavy (non-hydrogen) atoms. The third-order valence-corrected chi connectivity index (χ3v) is 2.30. The molecule has 0 aliphatic heterocycles. The molecule has 0 saturated heterocycles. The monoisotopic (exact) mass is 201 g/mol. The topological polar surface area (TPSA) is 40.9 Å². The van der Waals surface area contributed by atoms with Crippen LogP contribution in [0, 0.1) is 11.3 Å². The maximum Gasteiger partial charge on any atom is 0.150 e. The van der Waals surface area contributed by atoms with Crippen molar-refractivity contribution in [1.29, 1.82) is 5.26 Å². The van der Waals surface area contributed by atoms with E-state index < -0.39 is 0 Å². The van der Waals surface area contributed by atoms with Crippen LogP contribution < -0.4 is 0 Å². The zero-order chi connectivity index (χ0) is 11.5. The zero-order valence-corrected chi connectivity index (χ0v) is 9.37. The van der Waals surface area contributed by atoms with Gasteiger partial charge in [-0.05, 0) is 28.7 Å². The van der Waals surface area contributed by atoms with Gasteiger partial charge in [0, 0.05) is 5.56 Å². The fraction of sp³-hybridized carbons (Fsp3) is 0.385. The van der Waals surface area contributed by atoms with Gasteiger partial charge in [-0.1, -0.05) is 26.8 Å². The van der Waals surface area contributed by atoms with E-state index in [1.807, 2.05) is 12.1 Å². The van der Waals surface area contributed by atoms with Crippen LogP contribution in [0.2, 0.25) is 0 Å². The van der Waals surface area contributed by atoms with Gasteiger partial charge in [-0.15, -0.1) is 0 Å². The summed E-state index contributed by atoms with van der Waals surface area (Å²) in [5.41, 5.74) is 2.65. The Balaban J connectivity index is 3.24. The summed E-state index contributed by atoms with van der Waals surface area (Å²) >= 11 is 0. The van der Waals surface area contributed by atoms with E-state index >= 15 is 0 Å². The van der Waals surface area contributed by atoms with Gasteiger partial charge in [-0.3, -0.25) is 4.79 Å². The minimum Gasteiger partial charge on any atom is -0.298 e. The van der Waals surface area contributed by atoms with Gasteiger partial charge in [0.2, 0.25) is 0 Å². The Morgan fingerprint density at radius 3 is 2.47 bits per heavy atom. The second-order valence-corrected chi connectivity index (χ2v) is 4.67. The van der Waals surface area contributed by atoms with Crippen molar-refractivity contribution in [3.05, 3.63) is 34.9 Å². The zero-order valence-electron chi connectivity index (χ0n) is 9.37. The smallest absolute Gasteiger partial charge is 0.150 e. The molecule has 1 aromatic rings. The number of carbonyl (C=O) groups excluding carboxylic acids is 1. The number of hydrogen-bond acceptors (Lipinski definition) is 2. The summed E-state index contributed by atoms with van der Waals surface area (Å²) in [6.45, 7) is 6.27. The highest BCUT2D eigenvalue weighted by molar-refractivity contribution is 5.75. The van der Waals surface area contributed by atoms with Crippen LogP contribution in [0.15, 0.2) is 18.2 Å². The van der Waals surface area contributed by atoms with Crippen molar-refractivity contribution in [1.82, 2.24) is 0 Å². The molecule has 0 aromatic heterocycles. The second kappa shape index (κ2) is 4.27. The minimum absolute atomic E-state index is 0.00320. The molecule has 0 unspecified atom stereocenters. The van der Waals surface area contributed by atoms with Gasteiger partial charge in [0.05, 0.1) is 12.5 Å². The summed E-state index contributed by atoms with van der Waals surface area (Å²) in [7, 11) is 0. The molecule has 0 saturated carbocycles. The highest BCUT2D eigenvalue weighted by atomic mass is 16.1. The lowest BCUT2D eigenvalue weighted by Crippen LogP contribution is -2.12. The lowest BCUT2D eigenvalue weighted by atomic mass is 9.85. The molecule has 0 bridgehead atoms. The summed E-state index contributed by atoms with van der Waals surface area (Å²) in [4.78, 5) is 10.8. The predicted molar refractivity (Wildman–Crippen MR) is 59.8 cm³/mol. The fourth-order valence-electron chi connectivity index (χ4n) is 1.41. The van der Waals surface area contributed by atoms with Crippen molar-refractivity contribution < 1.29 is 4.79 Å². The average molecular weight is 201 g/mol. The molecule has 0 atom stereocenters. The van der Waals surface area contributed by atoms with Gasteiger partial charge in [0.15, 0.2) is 0 Å². The van der Waals surface area contributed by atoms with Crippen LogP contribution in [0.1, 0.15) is 42.3 Å². The Bertz CT molecular complexity index is 408. The predicted octanol–water partition coefficient (Wildman–Crippen LogP) is 2.86. The summed E-state index contributed by atoms with van der Waals surface area (Å²) in [5.74, 6) is 0. The Hall–Kier alpha value is -1.62. The van der Waals surface area contributed by atoms with E-state index in [-0.39, 0.29) is 5.41 Å².